The number of hydrogen-bond donors (Lipinski definition) is 1. The molecule has 0 radical (unpaired) electrons. The van der Waals surface area contributed by atoms with Crippen LogP contribution in [0.4, 0.5) is 0 Å². The van der Waals surface area contributed by atoms with Gasteiger partial charge in [-0.25, -0.2) is 0 Å². The van der Waals surface area contributed by atoms with Gasteiger partial charge in [0.2, 0.25) is 0 Å². The Bertz CT molecular complexity index is 390. The van der Waals surface area contributed by atoms with Gasteiger partial charge >= 0.3 is 0 Å². The van der Waals surface area contributed by atoms with E-state index in [4.69, 9.17) is 0 Å². The Hall–Kier alpha value is -1.24. The Kier molecular flexibility index (Phi) is 1.65. The first kappa shape index (κ1) is 7.41. The minimum absolute atomic E-state index is 0. The number of rotatable bonds is 1. The quantitative estimate of drug-likeness (QED) is 0.658. The molecule has 1 heteroatoms. The zero-order valence-electron chi connectivity index (χ0n) is 7.46. The second-order valence-electron chi connectivity index (χ2n) is 3.48. The summed E-state index contributed by atoms with van der Waals surface area (Å²) < 4.78 is 0. The molecule has 0 aliphatic heterocycles. The van der Waals surface area contributed by atoms with E-state index in [1.165, 1.54) is 16.5 Å². The van der Waals surface area contributed by atoms with Gasteiger partial charge in [-0.05, 0) is 29.0 Å². The van der Waals surface area contributed by atoms with Gasteiger partial charge < -0.3 is 4.98 Å². The lowest BCUT2D eigenvalue weighted by Gasteiger charge is -2.03. The number of aromatic nitrogens is 1. The summed E-state index contributed by atoms with van der Waals surface area (Å²) >= 11 is 0. The van der Waals surface area contributed by atoms with Crippen molar-refractivity contribution in [3.63, 3.8) is 0 Å². The second-order valence-corrected chi connectivity index (χ2v) is 3.48. The molecule has 64 valence electrons. The molecule has 2 aromatic rings. The van der Waals surface area contributed by atoms with Crippen molar-refractivity contribution in [2.45, 2.75) is 19.8 Å². The predicted octanol–water partition coefficient (Wildman–Crippen LogP) is 3.54. The van der Waals surface area contributed by atoms with Crippen molar-refractivity contribution in [3.05, 3.63) is 36.0 Å². The van der Waals surface area contributed by atoms with Crippen molar-refractivity contribution in [1.82, 2.24) is 4.98 Å². The number of H-pyrrole nitrogens is 1. The van der Waals surface area contributed by atoms with E-state index in [1.54, 1.807) is 0 Å². The predicted molar refractivity (Wildman–Crippen MR) is 54.5 cm³/mol. The molecule has 1 aromatic heterocycles. The van der Waals surface area contributed by atoms with Crippen molar-refractivity contribution in [2.75, 3.05) is 0 Å². The van der Waals surface area contributed by atoms with Crippen molar-refractivity contribution in [3.8, 4) is 0 Å². The Morgan fingerprint density at radius 1 is 1.25 bits per heavy atom. The van der Waals surface area contributed by atoms with E-state index in [0.717, 1.165) is 0 Å². The van der Waals surface area contributed by atoms with Gasteiger partial charge in [-0.15, -0.1) is 0 Å². The zero-order chi connectivity index (χ0) is 8.55. The van der Waals surface area contributed by atoms with E-state index in [0.29, 0.717) is 5.92 Å². The summed E-state index contributed by atoms with van der Waals surface area (Å²) in [5, 5.41) is 1.29. The molecule has 0 amide bonds. The highest BCUT2D eigenvalue weighted by molar-refractivity contribution is 5.79. The van der Waals surface area contributed by atoms with E-state index in [-0.39, 0.29) is 1.43 Å². The zero-order valence-corrected chi connectivity index (χ0v) is 7.46. The van der Waals surface area contributed by atoms with Gasteiger partial charge in [-0.1, -0.05) is 26.0 Å². The molecule has 1 heterocycles. The minimum Gasteiger partial charge on any atom is -0.361 e. The molecule has 1 aromatic carbocycles. The third kappa shape index (κ3) is 1.11. The van der Waals surface area contributed by atoms with Crippen LogP contribution in [0.25, 0.3) is 10.9 Å². The molecule has 0 atom stereocenters. The number of benzene rings is 1. The van der Waals surface area contributed by atoms with E-state index in [1.807, 2.05) is 6.20 Å². The van der Waals surface area contributed by atoms with Crippen LogP contribution in [-0.2, 0) is 0 Å². The molecular formula is C11H15N. The standard InChI is InChI=1S/C11H13N.H2/c1-8(2)10-4-3-9-5-6-12-11(9)7-10;/h3-8,12H,1-2H3;1H. The Labute approximate surface area is 73.9 Å². The first-order valence-electron chi connectivity index (χ1n) is 4.34. The largest absolute Gasteiger partial charge is 0.361 e. The topological polar surface area (TPSA) is 15.8 Å². The molecule has 0 aliphatic rings. The average molecular weight is 161 g/mol. The molecule has 0 saturated carbocycles. The van der Waals surface area contributed by atoms with E-state index in [9.17, 15) is 0 Å². The lowest BCUT2D eigenvalue weighted by molar-refractivity contribution is 0.868. The maximum absolute atomic E-state index is 3.21. The Morgan fingerprint density at radius 3 is 2.83 bits per heavy atom. The lowest BCUT2D eigenvalue weighted by atomic mass is 10.0. The van der Waals surface area contributed by atoms with Gasteiger partial charge in [0.05, 0.1) is 0 Å². The van der Waals surface area contributed by atoms with Crippen LogP contribution >= 0.6 is 0 Å². The van der Waals surface area contributed by atoms with Gasteiger partial charge in [0.25, 0.3) is 0 Å². The highest BCUT2D eigenvalue weighted by Crippen LogP contribution is 2.19. The Balaban J connectivity index is 0.000000845. The van der Waals surface area contributed by atoms with Gasteiger partial charge in [0.15, 0.2) is 0 Å². The van der Waals surface area contributed by atoms with E-state index in [2.05, 4.69) is 43.1 Å². The summed E-state index contributed by atoms with van der Waals surface area (Å²) in [5.74, 6) is 0.609. The fourth-order valence-electron chi connectivity index (χ4n) is 1.42. The molecule has 2 rings (SSSR count). The van der Waals surface area contributed by atoms with Crippen molar-refractivity contribution >= 4 is 10.9 Å². The fourth-order valence-corrected chi connectivity index (χ4v) is 1.42. The van der Waals surface area contributed by atoms with Crippen molar-refractivity contribution < 1.29 is 1.43 Å². The SMILES string of the molecule is CC(C)c1ccc2cc[nH]c2c1.[HH]. The minimum atomic E-state index is 0. The number of aromatic amines is 1. The van der Waals surface area contributed by atoms with Crippen LogP contribution in [0.15, 0.2) is 30.5 Å². The summed E-state index contributed by atoms with van der Waals surface area (Å²) in [6, 6.07) is 8.68. The highest BCUT2D eigenvalue weighted by atomic mass is 14.7. The lowest BCUT2D eigenvalue weighted by Crippen LogP contribution is -1.85. The number of nitrogens with one attached hydrogen (secondary N) is 1. The normalized spacial score (nSPS) is 11.2. The number of fused-ring (bicyclic) bond motifs is 1. The van der Waals surface area contributed by atoms with Crippen LogP contribution in [0.2, 0.25) is 0 Å². The molecule has 1 nitrogen and oxygen atoms in total. The summed E-state index contributed by atoms with van der Waals surface area (Å²) in [4.78, 5) is 3.21. The highest BCUT2D eigenvalue weighted by Gasteiger charge is 1.99. The van der Waals surface area contributed by atoms with Crippen LogP contribution in [0.3, 0.4) is 0 Å². The summed E-state index contributed by atoms with van der Waals surface area (Å²) in [6.45, 7) is 4.42. The number of hydrogen-bond acceptors (Lipinski definition) is 0. The summed E-state index contributed by atoms with van der Waals surface area (Å²) in [7, 11) is 0. The first-order chi connectivity index (χ1) is 5.77. The van der Waals surface area contributed by atoms with Gasteiger partial charge in [-0.3, -0.25) is 0 Å². The van der Waals surface area contributed by atoms with Crippen LogP contribution in [0.1, 0.15) is 26.8 Å². The van der Waals surface area contributed by atoms with E-state index < -0.39 is 0 Å². The molecule has 0 fully saturated rings. The van der Waals surface area contributed by atoms with Crippen molar-refractivity contribution in [2.24, 2.45) is 0 Å². The van der Waals surface area contributed by atoms with Crippen LogP contribution in [-0.4, -0.2) is 4.98 Å². The molecule has 0 spiro atoms. The fraction of sp³-hybridized carbons (Fsp3) is 0.273. The summed E-state index contributed by atoms with van der Waals surface area (Å²) in [6.07, 6.45) is 1.98. The third-order valence-corrected chi connectivity index (χ3v) is 2.25. The van der Waals surface area contributed by atoms with Gasteiger partial charge in [-0.2, -0.15) is 0 Å². The molecular weight excluding hydrogens is 146 g/mol. The van der Waals surface area contributed by atoms with Crippen LogP contribution in [0, 0.1) is 0 Å². The molecule has 0 bridgehead atoms. The van der Waals surface area contributed by atoms with Gasteiger partial charge in [0.1, 0.15) is 0 Å². The van der Waals surface area contributed by atoms with Crippen molar-refractivity contribution in [1.29, 1.82) is 0 Å². The Morgan fingerprint density at radius 2 is 2.08 bits per heavy atom. The molecule has 0 aliphatic carbocycles. The third-order valence-electron chi connectivity index (χ3n) is 2.25. The average Bonchev–Trinajstić information content (AvgIpc) is 2.49. The molecule has 0 saturated heterocycles. The second kappa shape index (κ2) is 2.67. The first-order valence-corrected chi connectivity index (χ1v) is 4.34. The smallest absolute Gasteiger partial charge is 0.0456 e. The summed E-state index contributed by atoms with van der Waals surface area (Å²) in [5.41, 5.74) is 2.63. The molecule has 12 heavy (non-hydrogen) atoms. The maximum Gasteiger partial charge on any atom is 0.0456 e. The molecule has 0 unspecified atom stereocenters. The van der Waals surface area contributed by atoms with Gasteiger partial charge in [0, 0.05) is 13.1 Å². The molecule has 1 N–H and O–H groups in total. The van der Waals surface area contributed by atoms with E-state index >= 15 is 0 Å². The van der Waals surface area contributed by atoms with Crippen LogP contribution in [0.5, 0.6) is 0 Å². The van der Waals surface area contributed by atoms with Crippen LogP contribution < -0.4 is 0 Å². The maximum atomic E-state index is 3.21. The monoisotopic (exact) mass is 161 g/mol.